The van der Waals surface area contributed by atoms with Gasteiger partial charge in [-0.1, -0.05) is 6.07 Å². The molecule has 92 valence electrons. The Labute approximate surface area is 103 Å². The quantitative estimate of drug-likeness (QED) is 0.795. The van der Waals surface area contributed by atoms with Gasteiger partial charge < -0.3 is 15.2 Å². The van der Waals surface area contributed by atoms with E-state index in [0.717, 1.165) is 29.9 Å². The van der Waals surface area contributed by atoms with Gasteiger partial charge in [-0.3, -0.25) is 0 Å². The Kier molecular flexibility index (Phi) is 5.38. The van der Waals surface area contributed by atoms with E-state index in [0.29, 0.717) is 0 Å². The number of methoxy groups -OCH3 is 2. The molecule has 1 aromatic rings. The van der Waals surface area contributed by atoms with Gasteiger partial charge in [0.25, 0.3) is 0 Å². The van der Waals surface area contributed by atoms with E-state index in [1.165, 1.54) is 0 Å². The lowest BCUT2D eigenvalue weighted by molar-refractivity contribution is 0.387. The van der Waals surface area contributed by atoms with Gasteiger partial charge in [-0.25, -0.2) is 0 Å². The molecular weight excluding hydrogens is 214 g/mol. The first-order valence-corrected chi connectivity index (χ1v) is 5.60. The second-order valence-electron chi connectivity index (χ2n) is 3.68. The van der Waals surface area contributed by atoms with Crippen LogP contribution in [0.5, 0.6) is 11.5 Å². The van der Waals surface area contributed by atoms with Crippen LogP contribution in [0.25, 0.3) is 0 Å². The summed E-state index contributed by atoms with van der Waals surface area (Å²) in [6.45, 7) is 1.83. The summed E-state index contributed by atoms with van der Waals surface area (Å²) < 4.78 is 10.5. The number of rotatable bonds is 5. The number of ether oxygens (including phenoxy) is 2. The molecule has 0 heterocycles. The molecule has 17 heavy (non-hydrogen) atoms. The summed E-state index contributed by atoms with van der Waals surface area (Å²) in [5, 5.41) is 0. The standard InChI is InChI=1S/C14H19NO2/c1-4-5-6-7-13(15)12-9-8-11(16-2)10-14(12)17-3/h8-10,13H,6-7,15H2,1-3H3. The van der Waals surface area contributed by atoms with Crippen LogP contribution in [0.1, 0.15) is 31.4 Å². The molecule has 1 aromatic carbocycles. The average molecular weight is 233 g/mol. The Hall–Kier alpha value is -1.66. The van der Waals surface area contributed by atoms with Crippen LogP contribution >= 0.6 is 0 Å². The predicted octanol–water partition coefficient (Wildman–Crippen LogP) is 2.51. The van der Waals surface area contributed by atoms with Crippen LogP contribution in [0.4, 0.5) is 0 Å². The highest BCUT2D eigenvalue weighted by atomic mass is 16.5. The molecule has 1 unspecified atom stereocenters. The van der Waals surface area contributed by atoms with Gasteiger partial charge in [0.15, 0.2) is 0 Å². The van der Waals surface area contributed by atoms with Crippen molar-refractivity contribution < 1.29 is 9.47 Å². The van der Waals surface area contributed by atoms with Crippen LogP contribution in [0.15, 0.2) is 18.2 Å². The van der Waals surface area contributed by atoms with E-state index in [2.05, 4.69) is 11.8 Å². The molecule has 0 fully saturated rings. The van der Waals surface area contributed by atoms with Crippen molar-refractivity contribution in [3.8, 4) is 23.3 Å². The molecule has 0 saturated heterocycles. The zero-order valence-corrected chi connectivity index (χ0v) is 10.6. The van der Waals surface area contributed by atoms with Gasteiger partial charge >= 0.3 is 0 Å². The van der Waals surface area contributed by atoms with Crippen LogP contribution in [-0.4, -0.2) is 14.2 Å². The van der Waals surface area contributed by atoms with Crippen LogP contribution in [-0.2, 0) is 0 Å². The van der Waals surface area contributed by atoms with Crippen molar-refractivity contribution in [2.45, 2.75) is 25.8 Å². The summed E-state index contributed by atoms with van der Waals surface area (Å²) in [7, 11) is 3.27. The molecule has 1 rings (SSSR count). The molecular formula is C14H19NO2. The number of hydrogen-bond acceptors (Lipinski definition) is 3. The maximum Gasteiger partial charge on any atom is 0.127 e. The highest BCUT2D eigenvalue weighted by Gasteiger charge is 2.12. The molecule has 0 spiro atoms. The second kappa shape index (κ2) is 6.82. The van der Waals surface area contributed by atoms with E-state index in [4.69, 9.17) is 15.2 Å². The van der Waals surface area contributed by atoms with Crippen molar-refractivity contribution in [2.24, 2.45) is 5.73 Å². The van der Waals surface area contributed by atoms with Crippen molar-refractivity contribution in [1.29, 1.82) is 0 Å². The summed E-state index contributed by atoms with van der Waals surface area (Å²) in [6, 6.07) is 5.63. The van der Waals surface area contributed by atoms with E-state index in [-0.39, 0.29) is 6.04 Å². The largest absolute Gasteiger partial charge is 0.497 e. The number of hydrogen-bond donors (Lipinski definition) is 1. The molecule has 0 aliphatic carbocycles. The first kappa shape index (κ1) is 13.4. The summed E-state index contributed by atoms with van der Waals surface area (Å²) in [4.78, 5) is 0. The highest BCUT2D eigenvalue weighted by molar-refractivity contribution is 5.42. The van der Waals surface area contributed by atoms with Crippen molar-refractivity contribution in [1.82, 2.24) is 0 Å². The van der Waals surface area contributed by atoms with Crippen molar-refractivity contribution >= 4 is 0 Å². The molecule has 2 N–H and O–H groups in total. The summed E-state index contributed by atoms with van der Waals surface area (Å²) in [5.41, 5.74) is 7.11. The molecule has 0 radical (unpaired) electrons. The van der Waals surface area contributed by atoms with E-state index in [1.54, 1.807) is 14.2 Å². The van der Waals surface area contributed by atoms with Crippen LogP contribution < -0.4 is 15.2 Å². The Morgan fingerprint density at radius 2 is 2.06 bits per heavy atom. The van der Waals surface area contributed by atoms with Gasteiger partial charge in [-0.15, -0.1) is 11.8 Å². The molecule has 1 atom stereocenters. The van der Waals surface area contributed by atoms with Gasteiger partial charge in [0.05, 0.1) is 14.2 Å². The molecule has 0 saturated carbocycles. The van der Waals surface area contributed by atoms with Gasteiger partial charge in [-0.2, -0.15) is 0 Å². The van der Waals surface area contributed by atoms with E-state index >= 15 is 0 Å². The summed E-state index contributed by atoms with van der Waals surface area (Å²) >= 11 is 0. The third-order valence-corrected chi connectivity index (χ3v) is 2.60. The molecule has 0 aliphatic heterocycles. The SMILES string of the molecule is CC#CCCC(N)c1ccc(OC)cc1OC. The lowest BCUT2D eigenvalue weighted by Gasteiger charge is -2.15. The third-order valence-electron chi connectivity index (χ3n) is 2.60. The van der Waals surface area contributed by atoms with E-state index in [1.807, 2.05) is 25.1 Å². The zero-order chi connectivity index (χ0) is 12.7. The van der Waals surface area contributed by atoms with Gasteiger partial charge in [-0.05, 0) is 19.4 Å². The fourth-order valence-corrected chi connectivity index (χ4v) is 1.63. The van der Waals surface area contributed by atoms with Crippen molar-refractivity contribution in [2.75, 3.05) is 14.2 Å². The summed E-state index contributed by atoms with van der Waals surface area (Å²) in [5.74, 6) is 7.41. The average Bonchev–Trinajstić information content (AvgIpc) is 2.38. The van der Waals surface area contributed by atoms with Gasteiger partial charge in [0.1, 0.15) is 11.5 Å². The van der Waals surface area contributed by atoms with Crippen molar-refractivity contribution in [3.05, 3.63) is 23.8 Å². The minimum absolute atomic E-state index is 0.0586. The minimum Gasteiger partial charge on any atom is -0.497 e. The van der Waals surface area contributed by atoms with E-state index < -0.39 is 0 Å². The Morgan fingerprint density at radius 1 is 1.29 bits per heavy atom. The predicted molar refractivity (Wildman–Crippen MR) is 69.2 cm³/mol. The minimum atomic E-state index is -0.0586. The fraction of sp³-hybridized carbons (Fsp3) is 0.429. The Balaban J connectivity index is 2.83. The topological polar surface area (TPSA) is 44.5 Å². The lowest BCUT2D eigenvalue weighted by atomic mass is 10.0. The van der Waals surface area contributed by atoms with Crippen LogP contribution in [0, 0.1) is 11.8 Å². The lowest BCUT2D eigenvalue weighted by Crippen LogP contribution is -2.11. The fourth-order valence-electron chi connectivity index (χ4n) is 1.63. The van der Waals surface area contributed by atoms with E-state index in [9.17, 15) is 0 Å². The number of benzene rings is 1. The maximum absolute atomic E-state index is 6.12. The van der Waals surface area contributed by atoms with Gasteiger partial charge in [0, 0.05) is 24.1 Å². The Bertz CT molecular complexity index is 418. The molecule has 0 aliphatic rings. The van der Waals surface area contributed by atoms with Crippen molar-refractivity contribution in [3.63, 3.8) is 0 Å². The first-order valence-electron chi connectivity index (χ1n) is 5.60. The summed E-state index contributed by atoms with van der Waals surface area (Å²) in [6.07, 6.45) is 1.62. The smallest absolute Gasteiger partial charge is 0.127 e. The molecule has 0 amide bonds. The first-order chi connectivity index (χ1) is 8.22. The third kappa shape index (κ3) is 3.69. The molecule has 0 bridgehead atoms. The Morgan fingerprint density at radius 3 is 2.65 bits per heavy atom. The number of nitrogens with two attached hydrogens (primary N) is 1. The zero-order valence-electron chi connectivity index (χ0n) is 10.6. The molecule has 3 nitrogen and oxygen atoms in total. The molecule has 0 aromatic heterocycles. The highest BCUT2D eigenvalue weighted by Crippen LogP contribution is 2.30. The van der Waals surface area contributed by atoms with Gasteiger partial charge in [0.2, 0.25) is 0 Å². The second-order valence-corrected chi connectivity index (χ2v) is 3.68. The van der Waals surface area contributed by atoms with Crippen LogP contribution in [0.3, 0.4) is 0 Å². The van der Waals surface area contributed by atoms with Crippen LogP contribution in [0.2, 0.25) is 0 Å². The molecule has 3 heteroatoms. The maximum atomic E-state index is 6.12. The normalized spacial score (nSPS) is 11.3. The monoisotopic (exact) mass is 233 g/mol.